The minimum absolute atomic E-state index is 0.174. The lowest BCUT2D eigenvalue weighted by molar-refractivity contribution is -0.117. The Balaban J connectivity index is 2.02. The van der Waals surface area contributed by atoms with Crippen molar-refractivity contribution in [2.75, 3.05) is 24.6 Å². The summed E-state index contributed by atoms with van der Waals surface area (Å²) >= 11 is 12.1. The zero-order valence-corrected chi connectivity index (χ0v) is 18.0. The zero-order valence-electron chi connectivity index (χ0n) is 16.5. The molecule has 2 aromatic rings. The Morgan fingerprint density at radius 3 is 2.55 bits per heavy atom. The average molecular weight is 441 g/mol. The number of likely N-dealkylation sites (N-methyl/N-ethyl adjacent to an activating group) is 1. The van der Waals surface area contributed by atoms with Crippen molar-refractivity contribution in [3.63, 3.8) is 0 Å². The van der Waals surface area contributed by atoms with Crippen LogP contribution in [0.5, 0.6) is 11.5 Å². The van der Waals surface area contributed by atoms with E-state index in [1.165, 1.54) is 19.3 Å². The van der Waals surface area contributed by atoms with Crippen LogP contribution in [0.2, 0.25) is 10.0 Å². The molecule has 0 spiro atoms. The van der Waals surface area contributed by atoms with E-state index in [2.05, 4.69) is 10.3 Å². The van der Waals surface area contributed by atoms with Gasteiger partial charge in [-0.15, -0.1) is 0 Å². The number of nitrogen functional groups attached to an aromatic ring is 1. The van der Waals surface area contributed by atoms with Gasteiger partial charge in [0.05, 0.1) is 10.7 Å². The smallest absolute Gasteiger partial charge is 0.410 e. The van der Waals surface area contributed by atoms with Gasteiger partial charge in [0.2, 0.25) is 5.91 Å². The number of aromatic nitrogens is 1. The molecule has 1 aromatic heterocycles. The van der Waals surface area contributed by atoms with Gasteiger partial charge in [-0.05, 0) is 39.0 Å². The van der Waals surface area contributed by atoms with Gasteiger partial charge in [0.15, 0.2) is 0 Å². The van der Waals surface area contributed by atoms with Gasteiger partial charge >= 0.3 is 6.09 Å². The summed E-state index contributed by atoms with van der Waals surface area (Å²) in [6.45, 7) is 5.03. The molecule has 0 bridgehead atoms. The molecular formula is C19H22Cl2N4O4. The van der Waals surface area contributed by atoms with E-state index in [1.807, 2.05) is 0 Å². The van der Waals surface area contributed by atoms with Gasteiger partial charge in [0.1, 0.15) is 34.5 Å². The Labute approximate surface area is 178 Å². The van der Waals surface area contributed by atoms with Gasteiger partial charge in [-0.1, -0.05) is 23.2 Å². The summed E-state index contributed by atoms with van der Waals surface area (Å²) < 4.78 is 10.9. The third-order valence-electron chi connectivity index (χ3n) is 3.39. The highest BCUT2D eigenvalue weighted by molar-refractivity contribution is 6.44. The van der Waals surface area contributed by atoms with Crippen molar-refractivity contribution in [3.05, 3.63) is 40.5 Å². The number of carbonyl (C=O) groups is 2. The third-order valence-corrected chi connectivity index (χ3v) is 4.27. The van der Waals surface area contributed by atoms with Crippen LogP contribution >= 0.6 is 23.2 Å². The second-order valence-corrected chi connectivity index (χ2v) is 7.90. The molecular weight excluding hydrogens is 419 g/mol. The standard InChI is InChI=1S/C19H22Cl2N4O4/c1-19(2,3)29-18(27)25(4)10-15(26)24-14-9-11(7-8-23-14)28-13-6-5-12(22)16(20)17(13)21/h5-9H,10,22H2,1-4H3,(H,23,24,26). The summed E-state index contributed by atoms with van der Waals surface area (Å²) in [5, 5.41) is 2.96. The van der Waals surface area contributed by atoms with E-state index in [0.29, 0.717) is 17.2 Å². The van der Waals surface area contributed by atoms with Crippen molar-refractivity contribution in [3.8, 4) is 11.5 Å². The molecule has 0 saturated carbocycles. The second-order valence-electron chi connectivity index (χ2n) is 7.14. The Morgan fingerprint density at radius 2 is 1.90 bits per heavy atom. The molecule has 0 atom stereocenters. The molecule has 1 heterocycles. The SMILES string of the molecule is CN(CC(=O)Nc1cc(Oc2ccc(N)c(Cl)c2Cl)ccn1)C(=O)OC(C)(C)C. The van der Waals surface area contributed by atoms with Crippen LogP contribution in [0.15, 0.2) is 30.5 Å². The molecule has 0 saturated heterocycles. The van der Waals surface area contributed by atoms with Gasteiger partial charge in [0, 0.05) is 19.3 Å². The number of pyridine rings is 1. The highest BCUT2D eigenvalue weighted by Crippen LogP contribution is 2.38. The van der Waals surface area contributed by atoms with E-state index < -0.39 is 17.6 Å². The lowest BCUT2D eigenvalue weighted by Crippen LogP contribution is -2.38. The zero-order chi connectivity index (χ0) is 21.8. The van der Waals surface area contributed by atoms with Crippen LogP contribution in [0.4, 0.5) is 16.3 Å². The van der Waals surface area contributed by atoms with Gasteiger partial charge in [-0.3, -0.25) is 4.79 Å². The maximum Gasteiger partial charge on any atom is 0.410 e. The van der Waals surface area contributed by atoms with Crippen LogP contribution in [0.3, 0.4) is 0 Å². The lowest BCUT2D eigenvalue weighted by atomic mass is 10.2. The van der Waals surface area contributed by atoms with Crippen molar-refractivity contribution in [1.29, 1.82) is 0 Å². The van der Waals surface area contributed by atoms with Gasteiger partial charge in [-0.2, -0.15) is 0 Å². The maximum absolute atomic E-state index is 12.2. The molecule has 8 nitrogen and oxygen atoms in total. The second kappa shape index (κ2) is 9.19. The number of rotatable bonds is 5. The summed E-state index contributed by atoms with van der Waals surface area (Å²) in [4.78, 5) is 29.4. The summed E-state index contributed by atoms with van der Waals surface area (Å²) in [6.07, 6.45) is 0.850. The average Bonchev–Trinajstić information content (AvgIpc) is 2.61. The van der Waals surface area contributed by atoms with Crippen molar-refractivity contribution in [2.45, 2.75) is 26.4 Å². The largest absolute Gasteiger partial charge is 0.456 e. The molecule has 0 fully saturated rings. The minimum atomic E-state index is -0.651. The van der Waals surface area contributed by atoms with E-state index in [-0.39, 0.29) is 22.4 Å². The first-order chi connectivity index (χ1) is 13.5. The van der Waals surface area contributed by atoms with E-state index in [9.17, 15) is 9.59 Å². The molecule has 0 unspecified atom stereocenters. The predicted octanol–water partition coefficient (Wildman–Crippen LogP) is 4.57. The fourth-order valence-electron chi connectivity index (χ4n) is 2.10. The number of hydrogen-bond acceptors (Lipinski definition) is 6. The molecule has 0 radical (unpaired) electrons. The first kappa shape index (κ1) is 22.6. The van der Waals surface area contributed by atoms with Crippen molar-refractivity contribution < 1.29 is 19.1 Å². The molecule has 10 heteroatoms. The van der Waals surface area contributed by atoms with Crippen molar-refractivity contribution >= 4 is 46.7 Å². The number of nitrogens with two attached hydrogens (primary N) is 1. The fourth-order valence-corrected chi connectivity index (χ4v) is 2.46. The Hall–Kier alpha value is -2.71. The number of halogens is 2. The summed E-state index contributed by atoms with van der Waals surface area (Å²) in [5.41, 5.74) is 5.37. The molecule has 2 rings (SSSR count). The van der Waals surface area contributed by atoms with Crippen LogP contribution in [0.25, 0.3) is 0 Å². The number of anilines is 2. The number of hydrogen-bond donors (Lipinski definition) is 2. The van der Waals surface area contributed by atoms with Crippen LogP contribution in [0, 0.1) is 0 Å². The first-order valence-corrected chi connectivity index (χ1v) is 9.33. The maximum atomic E-state index is 12.2. The molecule has 3 N–H and O–H groups in total. The van der Waals surface area contributed by atoms with Crippen LogP contribution < -0.4 is 15.8 Å². The predicted molar refractivity (Wildman–Crippen MR) is 113 cm³/mol. The topological polar surface area (TPSA) is 107 Å². The Kier molecular flexibility index (Phi) is 7.16. The molecule has 29 heavy (non-hydrogen) atoms. The van der Waals surface area contributed by atoms with Gasteiger partial charge in [-0.25, -0.2) is 9.78 Å². The fraction of sp³-hybridized carbons (Fsp3) is 0.316. The van der Waals surface area contributed by atoms with E-state index in [0.717, 1.165) is 4.90 Å². The van der Waals surface area contributed by atoms with E-state index >= 15 is 0 Å². The number of carbonyl (C=O) groups excluding carboxylic acids is 2. The molecule has 2 amide bonds. The molecule has 0 aliphatic rings. The quantitative estimate of drug-likeness (QED) is 0.659. The molecule has 156 valence electrons. The van der Waals surface area contributed by atoms with Crippen LogP contribution in [-0.4, -0.2) is 41.1 Å². The molecule has 0 aliphatic carbocycles. The molecule has 0 aliphatic heterocycles. The van der Waals surface area contributed by atoms with Gasteiger partial charge < -0.3 is 25.4 Å². The monoisotopic (exact) mass is 440 g/mol. The summed E-state index contributed by atoms with van der Waals surface area (Å²) in [7, 11) is 1.47. The van der Waals surface area contributed by atoms with E-state index in [1.54, 1.807) is 39.0 Å². The Morgan fingerprint density at radius 1 is 1.21 bits per heavy atom. The van der Waals surface area contributed by atoms with E-state index in [4.69, 9.17) is 38.4 Å². The molecule has 1 aromatic carbocycles. The Bertz CT molecular complexity index is 916. The van der Waals surface area contributed by atoms with Crippen molar-refractivity contribution in [1.82, 2.24) is 9.88 Å². The summed E-state index contributed by atoms with van der Waals surface area (Å²) in [6, 6.07) is 6.24. The lowest BCUT2D eigenvalue weighted by Gasteiger charge is -2.24. The number of benzene rings is 1. The minimum Gasteiger partial charge on any atom is -0.456 e. The highest BCUT2D eigenvalue weighted by Gasteiger charge is 2.21. The van der Waals surface area contributed by atoms with Crippen molar-refractivity contribution in [2.24, 2.45) is 0 Å². The number of ether oxygens (including phenoxy) is 2. The number of nitrogens with zero attached hydrogens (tertiary/aromatic N) is 2. The van der Waals surface area contributed by atoms with Crippen LogP contribution in [0.1, 0.15) is 20.8 Å². The first-order valence-electron chi connectivity index (χ1n) is 8.57. The third kappa shape index (κ3) is 6.69. The highest BCUT2D eigenvalue weighted by atomic mass is 35.5. The number of amides is 2. The summed E-state index contributed by atoms with van der Waals surface area (Å²) in [5.74, 6) is 0.469. The van der Waals surface area contributed by atoms with Crippen LogP contribution in [-0.2, 0) is 9.53 Å². The van der Waals surface area contributed by atoms with Gasteiger partial charge in [0.25, 0.3) is 0 Å². The normalized spacial score (nSPS) is 11.0. The number of nitrogens with one attached hydrogen (secondary N) is 1.